The van der Waals surface area contributed by atoms with Gasteiger partial charge in [0.05, 0.1) is 0 Å². The first-order chi connectivity index (χ1) is 13.8. The number of rotatable bonds is 6. The van der Waals surface area contributed by atoms with E-state index >= 15 is 0 Å². The third-order valence-corrected chi connectivity index (χ3v) is 12.4. The minimum atomic E-state index is -2.15. The van der Waals surface area contributed by atoms with Crippen LogP contribution in [0.2, 0.25) is 0 Å². The Kier molecular flexibility index (Phi) is 5.98. The van der Waals surface area contributed by atoms with Gasteiger partial charge in [0.2, 0.25) is 0 Å². The molecule has 1 N–H and O–H groups in total. The molecule has 140 valence electrons. The molecule has 0 aromatic heterocycles. The zero-order valence-corrected chi connectivity index (χ0v) is 17.9. The van der Waals surface area contributed by atoms with Gasteiger partial charge in [-0.1, -0.05) is 0 Å². The molecule has 0 spiro atoms. The number of hydrogen-bond acceptors (Lipinski definition) is 1. The molecule has 0 aliphatic carbocycles. The number of benzene rings is 4. The van der Waals surface area contributed by atoms with Crippen LogP contribution in [0.5, 0.6) is 0 Å². The van der Waals surface area contributed by atoms with Crippen LogP contribution in [0.15, 0.2) is 121 Å². The van der Waals surface area contributed by atoms with Crippen molar-refractivity contribution < 1.29 is 0 Å². The molecule has 3 heteroatoms. The van der Waals surface area contributed by atoms with Gasteiger partial charge in [-0.15, -0.1) is 0 Å². The molecule has 0 atom stereocenters. The molecule has 0 aliphatic heterocycles. The van der Waals surface area contributed by atoms with Gasteiger partial charge in [0.1, 0.15) is 0 Å². The maximum atomic E-state index is 4.20. The number of nitrogens with one attached hydrogen (secondary N) is 1. The van der Waals surface area contributed by atoms with Crippen LogP contribution in [0.4, 0.5) is 0 Å². The zero-order valence-electron chi connectivity index (χ0n) is 16.0. The molecular weight excluding hydrogens is 376 g/mol. The Hall–Kier alpha value is -2.30. The molecule has 0 radical (unpaired) electrons. The van der Waals surface area contributed by atoms with Gasteiger partial charge in [-0.05, 0) is 0 Å². The normalized spacial score (nSPS) is 12.1. The predicted molar refractivity (Wildman–Crippen MR) is 129 cm³/mol. The van der Waals surface area contributed by atoms with Gasteiger partial charge in [-0.2, -0.15) is 0 Å². The Morgan fingerprint density at radius 2 is 0.821 bits per heavy atom. The van der Waals surface area contributed by atoms with Crippen molar-refractivity contribution in [3.05, 3.63) is 121 Å². The monoisotopic (exact) mass is 401 g/mol. The van der Waals surface area contributed by atoms with Crippen LogP contribution in [-0.2, 0) is 0 Å². The molecule has 1 nitrogen and oxygen atoms in total. The van der Waals surface area contributed by atoms with Gasteiger partial charge >= 0.3 is 170 Å². The summed E-state index contributed by atoms with van der Waals surface area (Å²) < 4.78 is 0. The Bertz CT molecular complexity index is 911. The quantitative estimate of drug-likeness (QED) is 0.467. The summed E-state index contributed by atoms with van der Waals surface area (Å²) in [5.74, 6) is 0. The predicted octanol–water partition coefficient (Wildman–Crippen LogP) is 4.57. The topological polar surface area (TPSA) is 12.0 Å². The third kappa shape index (κ3) is 4.08. The van der Waals surface area contributed by atoms with Gasteiger partial charge < -0.3 is 0 Å². The van der Waals surface area contributed by atoms with Gasteiger partial charge in [-0.3, -0.25) is 0 Å². The second kappa shape index (κ2) is 8.80. The van der Waals surface area contributed by atoms with E-state index in [1.165, 1.54) is 21.2 Å². The van der Waals surface area contributed by atoms with Gasteiger partial charge in [0, 0.05) is 0 Å². The average molecular weight is 401 g/mol. The fourth-order valence-electron chi connectivity index (χ4n) is 3.49. The molecule has 4 rings (SSSR count). The van der Waals surface area contributed by atoms with Crippen LogP contribution in [0.25, 0.3) is 0 Å². The zero-order chi connectivity index (χ0) is 19.2. The molecule has 28 heavy (non-hydrogen) atoms. The molecular formula is C25H25NP2. The standard InChI is InChI=1S/C25H25NP2/c1-28(24-18-10-4-11-19-24,25-20-12-5-13-21-25)26-27(22-14-6-2-7-15-22)23-16-8-3-9-17-23/h2-21,26,28H,1H3. The van der Waals surface area contributed by atoms with Crippen molar-refractivity contribution in [1.82, 2.24) is 4.86 Å². The Morgan fingerprint density at radius 3 is 1.18 bits per heavy atom. The first-order valence-electron chi connectivity index (χ1n) is 9.56. The van der Waals surface area contributed by atoms with Gasteiger partial charge in [0.15, 0.2) is 0 Å². The van der Waals surface area contributed by atoms with Crippen LogP contribution >= 0.6 is 15.5 Å². The third-order valence-electron chi connectivity index (χ3n) is 5.07. The van der Waals surface area contributed by atoms with Crippen molar-refractivity contribution in [2.24, 2.45) is 0 Å². The summed E-state index contributed by atoms with van der Waals surface area (Å²) in [6, 6.07) is 43.6. The second-order valence-electron chi connectivity index (χ2n) is 6.98. The van der Waals surface area contributed by atoms with E-state index in [1.54, 1.807) is 0 Å². The molecule has 4 aromatic carbocycles. The Balaban J connectivity index is 1.84. The second-order valence-corrected chi connectivity index (χ2v) is 13.0. The van der Waals surface area contributed by atoms with Crippen molar-refractivity contribution in [3.8, 4) is 0 Å². The van der Waals surface area contributed by atoms with E-state index in [1.807, 2.05) is 0 Å². The van der Waals surface area contributed by atoms with Crippen LogP contribution in [0.3, 0.4) is 0 Å². The first kappa shape index (κ1) is 19.0. The SMILES string of the molecule is C[PH](NP(c1ccccc1)c1ccccc1)(c1ccccc1)c1ccccc1. The van der Waals surface area contributed by atoms with E-state index < -0.39 is 15.5 Å². The first-order valence-corrected chi connectivity index (χ1v) is 13.4. The summed E-state index contributed by atoms with van der Waals surface area (Å²) in [4.78, 5) is 4.20. The van der Waals surface area contributed by atoms with E-state index in [-0.39, 0.29) is 0 Å². The van der Waals surface area contributed by atoms with E-state index in [2.05, 4.69) is 133 Å². The van der Waals surface area contributed by atoms with Crippen LogP contribution in [0.1, 0.15) is 0 Å². The fraction of sp³-hybridized carbons (Fsp3) is 0.0400. The Morgan fingerprint density at radius 1 is 0.500 bits per heavy atom. The maximum absolute atomic E-state index is 4.20. The molecule has 0 saturated heterocycles. The number of hydrogen-bond donors (Lipinski definition) is 1. The molecule has 0 unspecified atom stereocenters. The molecule has 0 amide bonds. The summed E-state index contributed by atoms with van der Waals surface area (Å²) >= 11 is 0. The summed E-state index contributed by atoms with van der Waals surface area (Å²) in [5, 5.41) is 5.52. The molecule has 0 aliphatic rings. The fourth-order valence-corrected chi connectivity index (χ4v) is 10.6. The van der Waals surface area contributed by atoms with Crippen LogP contribution in [-0.4, -0.2) is 6.66 Å². The van der Waals surface area contributed by atoms with Crippen molar-refractivity contribution >= 4 is 36.7 Å². The summed E-state index contributed by atoms with van der Waals surface area (Å²) in [6.45, 7) is 2.43. The van der Waals surface area contributed by atoms with E-state index in [4.69, 9.17) is 0 Å². The molecule has 0 fully saturated rings. The molecule has 4 aromatic rings. The summed E-state index contributed by atoms with van der Waals surface area (Å²) in [7, 11) is -2.83. The van der Waals surface area contributed by atoms with Crippen molar-refractivity contribution in [2.75, 3.05) is 6.66 Å². The van der Waals surface area contributed by atoms with E-state index in [9.17, 15) is 0 Å². The Labute approximate surface area is 169 Å². The van der Waals surface area contributed by atoms with Crippen LogP contribution in [0, 0.1) is 0 Å². The van der Waals surface area contributed by atoms with Crippen molar-refractivity contribution in [3.63, 3.8) is 0 Å². The van der Waals surface area contributed by atoms with E-state index in [0.717, 1.165) is 0 Å². The summed E-state index contributed by atoms with van der Waals surface area (Å²) in [5.41, 5.74) is 0. The molecule has 0 saturated carbocycles. The van der Waals surface area contributed by atoms with Crippen molar-refractivity contribution in [2.45, 2.75) is 0 Å². The van der Waals surface area contributed by atoms with E-state index in [0.29, 0.717) is 0 Å². The average Bonchev–Trinajstić information content (AvgIpc) is 2.80. The van der Waals surface area contributed by atoms with Crippen LogP contribution < -0.4 is 26.1 Å². The molecule has 0 heterocycles. The van der Waals surface area contributed by atoms with Gasteiger partial charge in [-0.25, -0.2) is 0 Å². The summed E-state index contributed by atoms with van der Waals surface area (Å²) in [6.07, 6.45) is 0. The molecule has 0 bridgehead atoms. The van der Waals surface area contributed by atoms with Gasteiger partial charge in [0.25, 0.3) is 0 Å². The van der Waals surface area contributed by atoms with Crippen molar-refractivity contribution in [1.29, 1.82) is 0 Å². The minimum absolute atomic E-state index is 0.674.